The van der Waals surface area contributed by atoms with Gasteiger partial charge in [-0.3, -0.25) is 4.68 Å². The Balaban J connectivity index is 2.63. The minimum atomic E-state index is -0.330. The lowest BCUT2D eigenvalue weighted by molar-refractivity contribution is 0.358. The van der Waals surface area contributed by atoms with E-state index in [0.29, 0.717) is 11.3 Å². The summed E-state index contributed by atoms with van der Waals surface area (Å²) in [7, 11) is 0. The van der Waals surface area contributed by atoms with Crippen molar-refractivity contribution >= 4 is 0 Å². The molecule has 0 radical (unpaired) electrons. The first-order valence-electron chi connectivity index (χ1n) is 5.43. The van der Waals surface area contributed by atoms with Gasteiger partial charge in [-0.15, -0.1) is 0 Å². The number of hydrogen-bond donors (Lipinski definition) is 1. The molecule has 0 unspecified atom stereocenters. The minimum Gasteiger partial charge on any atom is -0.504 e. The fraction of sp³-hybridized carbons (Fsp3) is 0.308. The summed E-state index contributed by atoms with van der Waals surface area (Å²) in [5.74, 6) is -0.269. The first-order chi connectivity index (χ1) is 7.89. The maximum atomic E-state index is 13.2. The third-order valence-electron chi connectivity index (χ3n) is 2.48. The zero-order valence-corrected chi connectivity index (χ0v) is 10.1. The molecule has 1 heterocycles. The van der Waals surface area contributed by atoms with Gasteiger partial charge in [-0.1, -0.05) is 12.1 Å². The second-order valence-corrected chi connectivity index (χ2v) is 4.97. The number of aromatic nitrogens is 2. The summed E-state index contributed by atoms with van der Waals surface area (Å²) < 4.78 is 14.9. The Labute approximate surface area is 99.5 Å². The Morgan fingerprint density at radius 1 is 1.29 bits per heavy atom. The molecule has 1 N–H and O–H groups in total. The molecule has 0 saturated heterocycles. The SMILES string of the molecule is CC(C)(C)n1ncc(O)c1-c1cccc(F)c1. The van der Waals surface area contributed by atoms with Gasteiger partial charge >= 0.3 is 0 Å². The zero-order valence-electron chi connectivity index (χ0n) is 10.1. The van der Waals surface area contributed by atoms with Crippen LogP contribution in [0.1, 0.15) is 20.8 Å². The van der Waals surface area contributed by atoms with Crippen LogP contribution in [0.3, 0.4) is 0 Å². The molecule has 90 valence electrons. The van der Waals surface area contributed by atoms with Gasteiger partial charge in [0.15, 0.2) is 5.75 Å². The summed E-state index contributed by atoms with van der Waals surface area (Å²) >= 11 is 0. The van der Waals surface area contributed by atoms with Crippen molar-refractivity contribution < 1.29 is 9.50 Å². The highest BCUT2D eigenvalue weighted by molar-refractivity contribution is 5.66. The Morgan fingerprint density at radius 2 is 2.00 bits per heavy atom. The topological polar surface area (TPSA) is 38.0 Å². The predicted molar refractivity (Wildman–Crippen MR) is 64.3 cm³/mol. The second-order valence-electron chi connectivity index (χ2n) is 4.97. The van der Waals surface area contributed by atoms with Crippen LogP contribution in [0.25, 0.3) is 11.3 Å². The second kappa shape index (κ2) is 3.87. The molecule has 2 aromatic rings. The van der Waals surface area contributed by atoms with Crippen LogP contribution < -0.4 is 0 Å². The maximum Gasteiger partial charge on any atom is 0.161 e. The molecule has 0 aliphatic carbocycles. The van der Waals surface area contributed by atoms with Gasteiger partial charge in [0.2, 0.25) is 0 Å². The molecule has 0 spiro atoms. The van der Waals surface area contributed by atoms with Gasteiger partial charge in [-0.2, -0.15) is 5.10 Å². The van der Waals surface area contributed by atoms with E-state index >= 15 is 0 Å². The molecule has 0 bridgehead atoms. The summed E-state index contributed by atoms with van der Waals surface area (Å²) in [6, 6.07) is 6.13. The summed E-state index contributed by atoms with van der Waals surface area (Å²) in [5.41, 5.74) is 0.884. The maximum absolute atomic E-state index is 13.2. The van der Waals surface area contributed by atoms with Gasteiger partial charge in [0.1, 0.15) is 11.5 Å². The number of benzene rings is 1. The van der Waals surface area contributed by atoms with Gasteiger partial charge in [0.05, 0.1) is 11.7 Å². The van der Waals surface area contributed by atoms with E-state index in [1.54, 1.807) is 16.8 Å². The Hall–Kier alpha value is -1.84. The third kappa shape index (κ3) is 2.16. The van der Waals surface area contributed by atoms with E-state index in [1.165, 1.54) is 18.3 Å². The minimum absolute atomic E-state index is 0.0607. The summed E-state index contributed by atoms with van der Waals surface area (Å²) in [6.07, 6.45) is 1.38. The fourth-order valence-corrected chi connectivity index (χ4v) is 1.75. The Kier molecular flexibility index (Phi) is 2.65. The molecule has 0 amide bonds. The number of rotatable bonds is 1. The molecule has 1 aromatic heterocycles. The molecule has 17 heavy (non-hydrogen) atoms. The summed E-state index contributed by atoms with van der Waals surface area (Å²) in [6.45, 7) is 5.92. The molecule has 0 fully saturated rings. The lowest BCUT2D eigenvalue weighted by Gasteiger charge is -2.22. The molecule has 0 aliphatic rings. The van der Waals surface area contributed by atoms with Crippen molar-refractivity contribution in [1.82, 2.24) is 9.78 Å². The predicted octanol–water partition coefficient (Wildman–Crippen LogP) is 3.15. The van der Waals surface area contributed by atoms with Gasteiger partial charge < -0.3 is 5.11 Å². The molecular formula is C13H15FN2O. The van der Waals surface area contributed by atoms with Crippen LogP contribution in [0.4, 0.5) is 4.39 Å². The largest absolute Gasteiger partial charge is 0.504 e. The van der Waals surface area contributed by atoms with Crippen molar-refractivity contribution in [1.29, 1.82) is 0 Å². The van der Waals surface area contributed by atoms with Crippen LogP contribution >= 0.6 is 0 Å². The van der Waals surface area contributed by atoms with Crippen molar-refractivity contribution in [2.75, 3.05) is 0 Å². The molecule has 0 aliphatic heterocycles. The van der Waals surface area contributed by atoms with E-state index in [0.717, 1.165) is 0 Å². The van der Waals surface area contributed by atoms with Crippen LogP contribution in [-0.2, 0) is 5.54 Å². The molecule has 1 aromatic carbocycles. The smallest absolute Gasteiger partial charge is 0.161 e. The highest BCUT2D eigenvalue weighted by Crippen LogP contribution is 2.32. The van der Waals surface area contributed by atoms with Crippen molar-refractivity contribution in [3.8, 4) is 17.0 Å². The lowest BCUT2D eigenvalue weighted by atomic mass is 10.1. The lowest BCUT2D eigenvalue weighted by Crippen LogP contribution is -2.23. The summed E-state index contributed by atoms with van der Waals surface area (Å²) in [5, 5.41) is 14.0. The van der Waals surface area contributed by atoms with Gasteiger partial charge in [0.25, 0.3) is 0 Å². The fourth-order valence-electron chi connectivity index (χ4n) is 1.75. The van der Waals surface area contributed by atoms with Crippen molar-refractivity contribution in [2.45, 2.75) is 26.3 Å². The Morgan fingerprint density at radius 3 is 2.59 bits per heavy atom. The number of hydrogen-bond acceptors (Lipinski definition) is 2. The van der Waals surface area contributed by atoms with Crippen molar-refractivity contribution in [2.24, 2.45) is 0 Å². The number of aromatic hydroxyl groups is 1. The Bertz CT molecular complexity index is 541. The molecule has 4 heteroatoms. The third-order valence-corrected chi connectivity index (χ3v) is 2.48. The van der Waals surface area contributed by atoms with E-state index in [4.69, 9.17) is 0 Å². The molecule has 0 atom stereocenters. The molecule has 0 saturated carbocycles. The first-order valence-corrected chi connectivity index (χ1v) is 5.43. The first kappa shape index (κ1) is 11.6. The zero-order chi connectivity index (χ0) is 12.6. The van der Waals surface area contributed by atoms with Crippen LogP contribution in [0.5, 0.6) is 5.75 Å². The van der Waals surface area contributed by atoms with Crippen LogP contribution in [0.15, 0.2) is 30.5 Å². The average molecular weight is 234 g/mol. The number of halogens is 1. The van der Waals surface area contributed by atoms with E-state index < -0.39 is 0 Å². The van der Waals surface area contributed by atoms with Crippen LogP contribution in [-0.4, -0.2) is 14.9 Å². The van der Waals surface area contributed by atoms with E-state index in [-0.39, 0.29) is 17.1 Å². The molecule has 3 nitrogen and oxygen atoms in total. The highest BCUT2D eigenvalue weighted by Gasteiger charge is 2.22. The van der Waals surface area contributed by atoms with E-state index in [9.17, 15) is 9.50 Å². The van der Waals surface area contributed by atoms with E-state index in [2.05, 4.69) is 5.10 Å². The van der Waals surface area contributed by atoms with Gasteiger partial charge in [-0.25, -0.2) is 4.39 Å². The van der Waals surface area contributed by atoms with Crippen LogP contribution in [0, 0.1) is 5.82 Å². The highest BCUT2D eigenvalue weighted by atomic mass is 19.1. The van der Waals surface area contributed by atoms with Gasteiger partial charge in [0, 0.05) is 5.56 Å². The monoisotopic (exact) mass is 234 g/mol. The quantitative estimate of drug-likeness (QED) is 0.823. The normalized spacial score (nSPS) is 11.8. The van der Waals surface area contributed by atoms with Gasteiger partial charge in [-0.05, 0) is 32.9 Å². The van der Waals surface area contributed by atoms with E-state index in [1.807, 2.05) is 20.8 Å². The summed E-state index contributed by atoms with van der Waals surface area (Å²) in [4.78, 5) is 0. The molecular weight excluding hydrogens is 219 g/mol. The standard InChI is InChI=1S/C13H15FN2O/c1-13(2,3)16-12(11(17)8-15-16)9-5-4-6-10(14)7-9/h4-8,17H,1-3H3. The van der Waals surface area contributed by atoms with Crippen molar-refractivity contribution in [3.63, 3.8) is 0 Å². The average Bonchev–Trinajstić information content (AvgIpc) is 2.59. The van der Waals surface area contributed by atoms with Crippen molar-refractivity contribution in [3.05, 3.63) is 36.3 Å². The molecule has 2 rings (SSSR count). The van der Waals surface area contributed by atoms with Crippen LogP contribution in [0.2, 0.25) is 0 Å². The number of nitrogens with zero attached hydrogens (tertiary/aromatic N) is 2.